The van der Waals surface area contributed by atoms with Crippen LogP contribution < -0.4 is 10.6 Å². The van der Waals surface area contributed by atoms with Crippen molar-refractivity contribution in [1.29, 1.82) is 0 Å². The summed E-state index contributed by atoms with van der Waals surface area (Å²) in [6.07, 6.45) is 0.787. The van der Waals surface area contributed by atoms with E-state index in [0.29, 0.717) is 6.54 Å². The van der Waals surface area contributed by atoms with E-state index in [1.807, 2.05) is 19.2 Å². The first-order chi connectivity index (χ1) is 7.06. The Morgan fingerprint density at radius 3 is 2.87 bits per heavy atom. The fourth-order valence-electron chi connectivity index (χ4n) is 1.000. The summed E-state index contributed by atoms with van der Waals surface area (Å²) in [4.78, 5) is 15.8. The molecule has 0 spiro atoms. The number of aromatic nitrogens is 1. The van der Waals surface area contributed by atoms with Gasteiger partial charge in [-0.25, -0.2) is 4.98 Å². The van der Waals surface area contributed by atoms with Crippen molar-refractivity contribution >= 4 is 17.2 Å². The van der Waals surface area contributed by atoms with E-state index < -0.39 is 5.54 Å². The van der Waals surface area contributed by atoms with Crippen molar-refractivity contribution in [3.63, 3.8) is 0 Å². The van der Waals surface area contributed by atoms with Crippen molar-refractivity contribution in [2.24, 2.45) is 0 Å². The largest absolute Gasteiger partial charge is 0.354 e. The minimum atomic E-state index is -0.512. The van der Waals surface area contributed by atoms with Crippen LogP contribution >= 0.6 is 11.3 Å². The molecular weight excluding hydrogens is 210 g/mol. The molecule has 2 N–H and O–H groups in total. The summed E-state index contributed by atoms with van der Waals surface area (Å²) >= 11 is 1.57. The number of rotatable bonds is 5. The summed E-state index contributed by atoms with van der Waals surface area (Å²) in [5.74, 6) is 0.0141. The van der Waals surface area contributed by atoms with Gasteiger partial charge in [0.25, 0.3) is 0 Å². The van der Waals surface area contributed by atoms with Gasteiger partial charge in [-0.2, -0.15) is 0 Å². The average Bonchev–Trinajstić information content (AvgIpc) is 2.70. The lowest BCUT2D eigenvalue weighted by Gasteiger charge is -2.22. The van der Waals surface area contributed by atoms with Gasteiger partial charge in [-0.15, -0.1) is 11.3 Å². The number of likely N-dealkylation sites (N-methyl/N-ethyl adjacent to an activating group) is 1. The van der Waals surface area contributed by atoms with Gasteiger partial charge in [0.2, 0.25) is 5.91 Å². The van der Waals surface area contributed by atoms with Crippen LogP contribution in [-0.2, 0) is 11.2 Å². The summed E-state index contributed by atoms with van der Waals surface area (Å²) < 4.78 is 0. The van der Waals surface area contributed by atoms with E-state index in [9.17, 15) is 4.79 Å². The number of hydrogen-bond acceptors (Lipinski definition) is 4. The van der Waals surface area contributed by atoms with Crippen molar-refractivity contribution in [2.45, 2.75) is 25.8 Å². The highest BCUT2D eigenvalue weighted by molar-refractivity contribution is 7.07. The Balaban J connectivity index is 2.29. The molecule has 4 nitrogen and oxygen atoms in total. The van der Waals surface area contributed by atoms with Crippen molar-refractivity contribution in [3.8, 4) is 0 Å². The predicted octanol–water partition coefficient (Wildman–Crippen LogP) is 0.800. The van der Waals surface area contributed by atoms with E-state index in [0.717, 1.165) is 12.1 Å². The fraction of sp³-hybridized carbons (Fsp3) is 0.600. The molecule has 0 fully saturated rings. The molecule has 15 heavy (non-hydrogen) atoms. The van der Waals surface area contributed by atoms with Crippen LogP contribution in [0.2, 0.25) is 0 Å². The summed E-state index contributed by atoms with van der Waals surface area (Å²) in [6, 6.07) is 0. The third-order valence-corrected chi connectivity index (χ3v) is 2.98. The van der Waals surface area contributed by atoms with Crippen molar-refractivity contribution in [1.82, 2.24) is 15.6 Å². The Morgan fingerprint density at radius 1 is 1.60 bits per heavy atom. The van der Waals surface area contributed by atoms with Crippen molar-refractivity contribution < 1.29 is 4.79 Å². The number of amides is 1. The predicted molar refractivity (Wildman–Crippen MR) is 62.0 cm³/mol. The summed E-state index contributed by atoms with van der Waals surface area (Å²) in [5, 5.41) is 7.83. The first kappa shape index (κ1) is 12.1. The monoisotopic (exact) mass is 227 g/mol. The minimum Gasteiger partial charge on any atom is -0.354 e. The first-order valence-corrected chi connectivity index (χ1v) is 5.85. The molecule has 0 saturated carbocycles. The van der Waals surface area contributed by atoms with Gasteiger partial charge in [0.05, 0.1) is 16.7 Å². The highest BCUT2D eigenvalue weighted by Gasteiger charge is 2.24. The zero-order chi connectivity index (χ0) is 11.3. The van der Waals surface area contributed by atoms with Crippen LogP contribution in [0.25, 0.3) is 0 Å². The maximum absolute atomic E-state index is 11.6. The third-order valence-electron chi connectivity index (χ3n) is 2.34. The molecule has 0 aromatic carbocycles. The molecule has 0 unspecified atom stereocenters. The molecular formula is C10H17N3OS. The van der Waals surface area contributed by atoms with Crippen molar-refractivity contribution in [3.05, 3.63) is 16.6 Å². The van der Waals surface area contributed by atoms with Crippen LogP contribution in [0.4, 0.5) is 0 Å². The summed E-state index contributed by atoms with van der Waals surface area (Å²) in [7, 11) is 1.78. The van der Waals surface area contributed by atoms with Crippen LogP contribution in [0, 0.1) is 0 Å². The number of carbonyl (C=O) groups is 1. The Kier molecular flexibility index (Phi) is 4.23. The highest BCUT2D eigenvalue weighted by atomic mass is 32.1. The summed E-state index contributed by atoms with van der Waals surface area (Å²) in [6.45, 7) is 4.34. The van der Waals surface area contributed by atoms with E-state index in [-0.39, 0.29) is 5.91 Å². The second kappa shape index (κ2) is 5.23. The van der Waals surface area contributed by atoms with Crippen LogP contribution in [0.5, 0.6) is 0 Å². The van der Waals surface area contributed by atoms with Gasteiger partial charge >= 0.3 is 0 Å². The van der Waals surface area contributed by atoms with Gasteiger partial charge in [0.15, 0.2) is 0 Å². The summed E-state index contributed by atoms with van der Waals surface area (Å²) in [5.41, 5.74) is 2.32. The van der Waals surface area contributed by atoms with E-state index in [1.165, 1.54) is 0 Å². The molecule has 0 aliphatic rings. The Hall–Kier alpha value is -0.940. The Bertz CT molecular complexity index is 308. The minimum absolute atomic E-state index is 0.0141. The molecule has 1 amide bonds. The van der Waals surface area contributed by atoms with Gasteiger partial charge in [-0.3, -0.25) is 4.79 Å². The number of nitrogens with zero attached hydrogens (tertiary/aromatic N) is 1. The topological polar surface area (TPSA) is 54.0 Å². The van der Waals surface area contributed by atoms with Gasteiger partial charge in [-0.1, -0.05) is 0 Å². The van der Waals surface area contributed by atoms with Crippen LogP contribution in [-0.4, -0.2) is 30.0 Å². The lowest BCUT2D eigenvalue weighted by Crippen LogP contribution is -2.51. The molecule has 0 radical (unpaired) electrons. The van der Waals surface area contributed by atoms with E-state index in [2.05, 4.69) is 15.6 Å². The molecule has 1 aromatic rings. The lowest BCUT2D eigenvalue weighted by molar-refractivity contribution is -0.126. The molecule has 0 atom stereocenters. The van der Waals surface area contributed by atoms with Gasteiger partial charge in [0.1, 0.15) is 0 Å². The molecule has 0 aliphatic carbocycles. The quantitative estimate of drug-likeness (QED) is 0.782. The average molecular weight is 227 g/mol. The Morgan fingerprint density at radius 2 is 2.33 bits per heavy atom. The van der Waals surface area contributed by atoms with Gasteiger partial charge < -0.3 is 10.6 Å². The third kappa shape index (κ3) is 3.60. The van der Waals surface area contributed by atoms with E-state index in [1.54, 1.807) is 23.9 Å². The van der Waals surface area contributed by atoms with Crippen molar-refractivity contribution in [2.75, 3.05) is 13.6 Å². The normalized spacial score (nSPS) is 11.4. The van der Waals surface area contributed by atoms with E-state index >= 15 is 0 Å². The molecule has 0 aliphatic heterocycles. The van der Waals surface area contributed by atoms with Gasteiger partial charge in [-0.05, 0) is 20.9 Å². The molecule has 1 aromatic heterocycles. The second-order valence-corrected chi connectivity index (χ2v) is 4.58. The number of thiazole rings is 1. The molecule has 84 valence electrons. The zero-order valence-electron chi connectivity index (χ0n) is 9.33. The van der Waals surface area contributed by atoms with Crippen LogP contribution in [0.1, 0.15) is 19.5 Å². The Labute approximate surface area is 94.1 Å². The van der Waals surface area contributed by atoms with E-state index in [4.69, 9.17) is 0 Å². The standard InChI is InChI=1S/C10H17N3OS/c1-10(2,11-3)9(14)12-5-4-8-6-15-7-13-8/h6-7,11H,4-5H2,1-3H3,(H,12,14). The molecule has 1 heterocycles. The number of carbonyl (C=O) groups excluding carboxylic acids is 1. The second-order valence-electron chi connectivity index (χ2n) is 3.86. The molecule has 0 bridgehead atoms. The SMILES string of the molecule is CNC(C)(C)C(=O)NCCc1cscn1. The fourth-order valence-corrected chi connectivity index (χ4v) is 1.59. The zero-order valence-corrected chi connectivity index (χ0v) is 10.1. The smallest absolute Gasteiger partial charge is 0.239 e. The molecule has 1 rings (SSSR count). The molecule has 5 heteroatoms. The number of nitrogens with one attached hydrogen (secondary N) is 2. The van der Waals surface area contributed by atoms with Gasteiger partial charge in [0, 0.05) is 18.3 Å². The maximum atomic E-state index is 11.6. The maximum Gasteiger partial charge on any atom is 0.239 e. The lowest BCUT2D eigenvalue weighted by atomic mass is 10.1. The number of hydrogen-bond donors (Lipinski definition) is 2. The molecule has 0 saturated heterocycles. The van der Waals surface area contributed by atoms with Crippen LogP contribution in [0.3, 0.4) is 0 Å². The van der Waals surface area contributed by atoms with Crippen LogP contribution in [0.15, 0.2) is 10.9 Å². The first-order valence-electron chi connectivity index (χ1n) is 4.90. The highest BCUT2D eigenvalue weighted by Crippen LogP contribution is 2.02.